The topological polar surface area (TPSA) is 46.3 Å². The van der Waals surface area contributed by atoms with E-state index in [1.807, 2.05) is 11.8 Å². The molecular weight excluding hydrogens is 152 g/mol. The highest BCUT2D eigenvalue weighted by atomic mass is 16.2. The lowest BCUT2D eigenvalue weighted by Crippen LogP contribution is -2.26. The van der Waals surface area contributed by atoms with E-state index in [-0.39, 0.29) is 5.91 Å². The maximum Gasteiger partial charge on any atom is 0.231 e. The smallest absolute Gasteiger partial charge is 0.231 e. The minimum atomic E-state index is 0.246. The highest BCUT2D eigenvalue weighted by molar-refractivity contribution is 5.84. The number of rotatable bonds is 2. The summed E-state index contributed by atoms with van der Waals surface area (Å²) in [5, 5.41) is 0. The van der Waals surface area contributed by atoms with Crippen LogP contribution >= 0.6 is 0 Å². The number of hydrogen-bond acceptors (Lipinski definition) is 2. The second-order valence-electron chi connectivity index (χ2n) is 3.56. The molecule has 1 heterocycles. The Labute approximate surface area is 72.2 Å². The summed E-state index contributed by atoms with van der Waals surface area (Å²) < 4.78 is 0. The Bertz CT molecular complexity index is 253. The van der Waals surface area contributed by atoms with Crippen LogP contribution < -0.4 is 5.73 Å². The van der Waals surface area contributed by atoms with Crippen molar-refractivity contribution in [2.45, 2.75) is 32.2 Å². The van der Waals surface area contributed by atoms with Crippen molar-refractivity contribution in [3.05, 3.63) is 11.3 Å². The van der Waals surface area contributed by atoms with Crippen LogP contribution in [0.4, 0.5) is 0 Å². The number of allylic oxidation sites excluding steroid dienone is 1. The van der Waals surface area contributed by atoms with E-state index < -0.39 is 0 Å². The van der Waals surface area contributed by atoms with Gasteiger partial charge in [-0.3, -0.25) is 4.79 Å². The van der Waals surface area contributed by atoms with Crippen LogP contribution in [-0.2, 0) is 4.79 Å². The zero-order valence-corrected chi connectivity index (χ0v) is 7.34. The number of amides is 1. The van der Waals surface area contributed by atoms with Crippen molar-refractivity contribution in [3.63, 3.8) is 0 Å². The van der Waals surface area contributed by atoms with Crippen molar-refractivity contribution in [3.8, 4) is 0 Å². The predicted octanol–water partition coefficient (Wildman–Crippen LogP) is 0.614. The number of carbonyl (C=O) groups excluding carboxylic acids is 1. The molecule has 3 heteroatoms. The van der Waals surface area contributed by atoms with E-state index >= 15 is 0 Å². The van der Waals surface area contributed by atoms with E-state index in [4.69, 9.17) is 5.73 Å². The summed E-state index contributed by atoms with van der Waals surface area (Å²) >= 11 is 0. The van der Waals surface area contributed by atoms with Crippen molar-refractivity contribution in [2.24, 2.45) is 5.73 Å². The number of hydrogen-bond donors (Lipinski definition) is 1. The quantitative estimate of drug-likeness (QED) is 0.653. The first-order valence-electron chi connectivity index (χ1n) is 4.44. The summed E-state index contributed by atoms with van der Waals surface area (Å²) in [5.41, 5.74) is 7.77. The van der Waals surface area contributed by atoms with Crippen molar-refractivity contribution in [2.75, 3.05) is 6.54 Å². The van der Waals surface area contributed by atoms with Gasteiger partial charge in [-0.2, -0.15) is 0 Å². The molecule has 0 aromatic heterocycles. The average Bonchev–Trinajstić information content (AvgIpc) is 2.80. The van der Waals surface area contributed by atoms with Gasteiger partial charge in [0.15, 0.2) is 0 Å². The molecule has 0 bridgehead atoms. The first kappa shape index (κ1) is 7.80. The minimum Gasteiger partial charge on any atom is -0.327 e. The SMILES string of the molecule is CC1=C(CN)CC(=O)N1C1CC1. The van der Waals surface area contributed by atoms with Crippen molar-refractivity contribution < 1.29 is 4.79 Å². The van der Waals surface area contributed by atoms with Crippen molar-refractivity contribution >= 4 is 5.91 Å². The van der Waals surface area contributed by atoms with E-state index in [0.29, 0.717) is 19.0 Å². The normalized spacial score (nSPS) is 24.2. The lowest BCUT2D eigenvalue weighted by molar-refractivity contribution is -0.127. The third-order valence-electron chi connectivity index (χ3n) is 2.66. The van der Waals surface area contributed by atoms with E-state index in [0.717, 1.165) is 11.3 Å². The van der Waals surface area contributed by atoms with Crippen LogP contribution in [0.25, 0.3) is 0 Å². The van der Waals surface area contributed by atoms with Crippen LogP contribution in [0.2, 0.25) is 0 Å². The number of nitrogens with two attached hydrogens (primary N) is 1. The molecule has 0 radical (unpaired) electrons. The maximum absolute atomic E-state index is 11.5. The van der Waals surface area contributed by atoms with Gasteiger partial charge in [0.25, 0.3) is 0 Å². The van der Waals surface area contributed by atoms with Gasteiger partial charge in [0.2, 0.25) is 5.91 Å². The molecule has 0 saturated heterocycles. The molecule has 1 amide bonds. The lowest BCUT2D eigenvalue weighted by atomic mass is 10.2. The molecule has 0 aromatic rings. The van der Waals surface area contributed by atoms with Gasteiger partial charge < -0.3 is 10.6 Å². The van der Waals surface area contributed by atoms with Gasteiger partial charge in [-0.25, -0.2) is 0 Å². The fraction of sp³-hybridized carbons (Fsp3) is 0.667. The van der Waals surface area contributed by atoms with Gasteiger partial charge >= 0.3 is 0 Å². The summed E-state index contributed by atoms with van der Waals surface area (Å²) in [6, 6.07) is 0.501. The molecule has 2 aliphatic rings. The van der Waals surface area contributed by atoms with E-state index in [2.05, 4.69) is 0 Å². The molecule has 1 aliphatic carbocycles. The van der Waals surface area contributed by atoms with E-state index in [1.54, 1.807) is 0 Å². The summed E-state index contributed by atoms with van der Waals surface area (Å²) in [5.74, 6) is 0.246. The summed E-state index contributed by atoms with van der Waals surface area (Å²) in [4.78, 5) is 13.4. The van der Waals surface area contributed by atoms with Gasteiger partial charge in [-0.15, -0.1) is 0 Å². The third-order valence-corrected chi connectivity index (χ3v) is 2.66. The molecule has 0 spiro atoms. The van der Waals surface area contributed by atoms with Crippen LogP contribution in [-0.4, -0.2) is 23.4 Å². The average molecular weight is 166 g/mol. The highest BCUT2D eigenvalue weighted by Gasteiger charge is 2.37. The van der Waals surface area contributed by atoms with Crippen LogP contribution in [0.3, 0.4) is 0 Å². The molecule has 12 heavy (non-hydrogen) atoms. The van der Waals surface area contributed by atoms with E-state index in [9.17, 15) is 4.79 Å². The lowest BCUT2D eigenvalue weighted by Gasteiger charge is -2.16. The molecule has 1 aliphatic heterocycles. The minimum absolute atomic E-state index is 0.246. The number of nitrogens with zero attached hydrogens (tertiary/aromatic N) is 1. The summed E-state index contributed by atoms with van der Waals surface area (Å²) in [7, 11) is 0. The van der Waals surface area contributed by atoms with Crippen LogP contribution in [0.5, 0.6) is 0 Å². The Morgan fingerprint density at radius 1 is 1.58 bits per heavy atom. The number of carbonyl (C=O) groups is 1. The fourth-order valence-corrected chi connectivity index (χ4v) is 1.78. The van der Waals surface area contributed by atoms with Gasteiger partial charge in [-0.1, -0.05) is 0 Å². The Morgan fingerprint density at radius 3 is 2.67 bits per heavy atom. The molecule has 2 rings (SSSR count). The largest absolute Gasteiger partial charge is 0.327 e. The third kappa shape index (κ3) is 1.05. The van der Waals surface area contributed by atoms with Gasteiger partial charge in [0.1, 0.15) is 0 Å². The van der Waals surface area contributed by atoms with E-state index in [1.165, 1.54) is 12.8 Å². The van der Waals surface area contributed by atoms with Crippen molar-refractivity contribution in [1.29, 1.82) is 0 Å². The van der Waals surface area contributed by atoms with Crippen molar-refractivity contribution in [1.82, 2.24) is 4.90 Å². The molecule has 0 atom stereocenters. The molecule has 0 unspecified atom stereocenters. The van der Waals surface area contributed by atoms with Gasteiger partial charge in [0.05, 0.1) is 6.42 Å². The maximum atomic E-state index is 11.5. The monoisotopic (exact) mass is 166 g/mol. The predicted molar refractivity (Wildman–Crippen MR) is 46.2 cm³/mol. The second-order valence-corrected chi connectivity index (χ2v) is 3.56. The van der Waals surface area contributed by atoms with Crippen LogP contribution in [0, 0.1) is 0 Å². The first-order chi connectivity index (χ1) is 5.74. The second kappa shape index (κ2) is 2.59. The molecule has 66 valence electrons. The first-order valence-corrected chi connectivity index (χ1v) is 4.44. The van der Waals surface area contributed by atoms with Crippen LogP contribution in [0.1, 0.15) is 26.2 Å². The molecule has 1 fully saturated rings. The summed E-state index contributed by atoms with van der Waals surface area (Å²) in [6.07, 6.45) is 2.89. The molecule has 2 N–H and O–H groups in total. The standard InChI is InChI=1S/C9H14N2O/c1-6-7(5-10)4-9(12)11(6)8-2-3-8/h8H,2-5,10H2,1H3. The Balaban J connectivity index is 2.21. The molecular formula is C9H14N2O. The fourth-order valence-electron chi connectivity index (χ4n) is 1.78. The zero-order valence-electron chi connectivity index (χ0n) is 7.34. The zero-order chi connectivity index (χ0) is 8.72. The van der Waals surface area contributed by atoms with Gasteiger partial charge in [-0.05, 0) is 25.3 Å². The van der Waals surface area contributed by atoms with Crippen LogP contribution in [0.15, 0.2) is 11.3 Å². The Morgan fingerprint density at radius 2 is 2.25 bits per heavy atom. The summed E-state index contributed by atoms with van der Waals surface area (Å²) in [6.45, 7) is 2.53. The molecule has 3 nitrogen and oxygen atoms in total. The molecule has 1 saturated carbocycles. The highest BCUT2D eigenvalue weighted by Crippen LogP contribution is 2.35. The Kier molecular flexibility index (Phi) is 1.68. The van der Waals surface area contributed by atoms with Gasteiger partial charge in [0, 0.05) is 18.3 Å². The Hall–Kier alpha value is -0.830. The molecule has 0 aromatic carbocycles.